The lowest BCUT2D eigenvalue weighted by Gasteiger charge is -2.28. The summed E-state index contributed by atoms with van der Waals surface area (Å²) in [5, 5.41) is 9.23. The molecule has 5 rings (SSSR count). The summed E-state index contributed by atoms with van der Waals surface area (Å²) in [6, 6.07) is 15.6. The van der Waals surface area contributed by atoms with E-state index in [4.69, 9.17) is 0 Å². The van der Waals surface area contributed by atoms with Crippen LogP contribution in [0.2, 0.25) is 0 Å². The van der Waals surface area contributed by atoms with Crippen molar-refractivity contribution in [2.45, 2.75) is 19.5 Å². The highest BCUT2D eigenvalue weighted by atomic mass is 79.9. The molecule has 36 heavy (non-hydrogen) atoms. The van der Waals surface area contributed by atoms with Crippen LogP contribution in [0.4, 0.5) is 23.1 Å². The van der Waals surface area contributed by atoms with Crippen LogP contribution < -0.4 is 16.0 Å². The van der Waals surface area contributed by atoms with Crippen molar-refractivity contribution in [3.63, 3.8) is 0 Å². The zero-order chi connectivity index (χ0) is 24.9. The van der Waals surface area contributed by atoms with E-state index in [9.17, 15) is 4.79 Å². The third-order valence-electron chi connectivity index (χ3n) is 5.98. The number of nitrogens with one attached hydrogen (secondary N) is 3. The van der Waals surface area contributed by atoms with Crippen molar-refractivity contribution in [2.75, 3.05) is 24.2 Å². The molecule has 0 unspecified atom stereocenters. The van der Waals surface area contributed by atoms with Crippen molar-refractivity contribution in [1.82, 2.24) is 30.2 Å². The quantitative estimate of drug-likeness (QED) is 0.313. The Balaban J connectivity index is 1.32. The predicted molar refractivity (Wildman–Crippen MR) is 142 cm³/mol. The van der Waals surface area contributed by atoms with E-state index >= 15 is 0 Å². The number of fused-ring (bicyclic) bond motifs is 1. The van der Waals surface area contributed by atoms with E-state index < -0.39 is 0 Å². The van der Waals surface area contributed by atoms with Crippen molar-refractivity contribution < 1.29 is 4.79 Å². The Morgan fingerprint density at radius 3 is 2.81 bits per heavy atom. The maximum Gasteiger partial charge on any atom is 0.253 e. The van der Waals surface area contributed by atoms with Crippen LogP contribution in [0.25, 0.3) is 0 Å². The summed E-state index contributed by atoms with van der Waals surface area (Å²) in [5.74, 6) is 0.828. The Kier molecular flexibility index (Phi) is 7.15. The Morgan fingerprint density at radius 2 is 1.97 bits per heavy atom. The van der Waals surface area contributed by atoms with E-state index in [0.29, 0.717) is 27.5 Å². The molecule has 1 amide bonds. The molecule has 0 saturated heterocycles. The Bertz CT molecular complexity index is 1380. The highest BCUT2D eigenvalue weighted by Crippen LogP contribution is 2.28. The van der Waals surface area contributed by atoms with Crippen LogP contribution in [-0.4, -0.2) is 44.3 Å². The summed E-state index contributed by atoms with van der Waals surface area (Å²) in [5.41, 5.74) is 5.74. The fraction of sp³-hybridized carbons (Fsp3) is 0.192. The maximum atomic E-state index is 12.2. The average Bonchev–Trinajstić information content (AvgIpc) is 2.91. The van der Waals surface area contributed by atoms with Crippen LogP contribution in [0, 0.1) is 0 Å². The van der Waals surface area contributed by atoms with Gasteiger partial charge in [-0.3, -0.25) is 9.69 Å². The first-order chi connectivity index (χ1) is 17.6. The van der Waals surface area contributed by atoms with Crippen LogP contribution in [0.5, 0.6) is 0 Å². The average molecular weight is 545 g/mol. The lowest BCUT2D eigenvalue weighted by Crippen LogP contribution is -2.30. The lowest BCUT2D eigenvalue weighted by molar-refractivity contribution is 0.0964. The minimum atomic E-state index is -0.176. The van der Waals surface area contributed by atoms with E-state index in [1.54, 1.807) is 31.8 Å². The lowest BCUT2D eigenvalue weighted by atomic mass is 9.99. The molecule has 3 N–H and O–H groups in total. The number of anilines is 4. The highest BCUT2D eigenvalue weighted by molar-refractivity contribution is 9.10. The number of aromatic nitrogens is 4. The smallest absolute Gasteiger partial charge is 0.253 e. The molecular weight excluding hydrogens is 520 g/mol. The number of carbonyl (C=O) groups is 1. The fourth-order valence-corrected chi connectivity index (χ4v) is 4.46. The van der Waals surface area contributed by atoms with Gasteiger partial charge in [0.05, 0.1) is 21.4 Å². The molecule has 1 aliphatic rings. The van der Waals surface area contributed by atoms with E-state index in [2.05, 4.69) is 74.9 Å². The molecule has 182 valence electrons. The van der Waals surface area contributed by atoms with Gasteiger partial charge in [0.2, 0.25) is 5.95 Å². The second kappa shape index (κ2) is 10.8. The number of carbonyl (C=O) groups excluding carboxylic acids is 1. The minimum absolute atomic E-state index is 0.176. The van der Waals surface area contributed by atoms with Crippen molar-refractivity contribution >= 4 is 45.0 Å². The molecule has 1 aliphatic heterocycles. The second-order valence-corrected chi connectivity index (χ2v) is 9.26. The summed E-state index contributed by atoms with van der Waals surface area (Å²) in [7, 11) is 1.61. The van der Waals surface area contributed by atoms with Crippen molar-refractivity contribution in [2.24, 2.45) is 0 Å². The Labute approximate surface area is 217 Å². The van der Waals surface area contributed by atoms with Crippen molar-refractivity contribution in [1.29, 1.82) is 0 Å². The topological polar surface area (TPSA) is 108 Å². The molecule has 2 aromatic heterocycles. The zero-order valence-corrected chi connectivity index (χ0v) is 21.3. The first-order valence-electron chi connectivity index (χ1n) is 11.6. The standard InChI is InChI=1S/C26H25BrN8O/c1-28-25(36)21-4-2-3-5-23(21)33-24-22(27)13-30-26(34-24)32-19-7-6-17-9-11-35(14-18(17)12-19)15-20-8-10-29-16-31-20/h2-8,10,12-13,16H,9,11,14-15H2,1H3,(H,28,36)(H2,30,32,33,34). The van der Waals surface area contributed by atoms with Gasteiger partial charge in [0.25, 0.3) is 5.91 Å². The van der Waals surface area contributed by atoms with Gasteiger partial charge in [0, 0.05) is 44.8 Å². The molecule has 2 aromatic carbocycles. The molecule has 9 nitrogen and oxygen atoms in total. The fourth-order valence-electron chi connectivity index (χ4n) is 4.17. The molecular formula is C26H25BrN8O. The third kappa shape index (κ3) is 5.50. The number of nitrogens with zero attached hydrogens (tertiary/aromatic N) is 5. The summed E-state index contributed by atoms with van der Waals surface area (Å²) < 4.78 is 0.686. The predicted octanol–water partition coefficient (Wildman–Crippen LogP) is 4.43. The van der Waals surface area contributed by atoms with E-state index in [1.807, 2.05) is 24.3 Å². The minimum Gasteiger partial charge on any atom is -0.355 e. The van der Waals surface area contributed by atoms with Gasteiger partial charge < -0.3 is 16.0 Å². The molecule has 10 heteroatoms. The first-order valence-corrected chi connectivity index (χ1v) is 12.3. The molecule has 0 radical (unpaired) electrons. The number of amides is 1. The van der Waals surface area contributed by atoms with E-state index in [1.165, 1.54) is 11.1 Å². The van der Waals surface area contributed by atoms with Crippen molar-refractivity contribution in [3.8, 4) is 0 Å². The molecule has 4 aromatic rings. The van der Waals surface area contributed by atoms with Crippen LogP contribution in [0.1, 0.15) is 27.2 Å². The molecule has 0 fully saturated rings. The largest absolute Gasteiger partial charge is 0.355 e. The maximum absolute atomic E-state index is 12.2. The second-order valence-electron chi connectivity index (χ2n) is 8.41. The highest BCUT2D eigenvalue weighted by Gasteiger charge is 2.18. The number of hydrogen-bond acceptors (Lipinski definition) is 8. The van der Waals surface area contributed by atoms with Crippen LogP contribution >= 0.6 is 15.9 Å². The van der Waals surface area contributed by atoms with Gasteiger partial charge in [-0.25, -0.2) is 15.0 Å². The SMILES string of the molecule is CNC(=O)c1ccccc1Nc1nc(Nc2ccc3c(c2)CN(Cc2ccncn2)CC3)ncc1Br. The molecule has 0 aliphatic carbocycles. The normalized spacial score (nSPS) is 13.1. The summed E-state index contributed by atoms with van der Waals surface area (Å²) in [4.78, 5) is 32.0. The summed E-state index contributed by atoms with van der Waals surface area (Å²) >= 11 is 3.50. The first kappa shape index (κ1) is 23.8. The monoisotopic (exact) mass is 544 g/mol. The number of halogens is 1. The Morgan fingerprint density at radius 1 is 1.08 bits per heavy atom. The van der Waals surface area contributed by atoms with Gasteiger partial charge in [0.15, 0.2) is 0 Å². The third-order valence-corrected chi connectivity index (χ3v) is 6.56. The van der Waals surface area contributed by atoms with E-state index in [0.717, 1.165) is 37.4 Å². The molecule has 0 bridgehead atoms. The number of rotatable bonds is 7. The molecule has 3 heterocycles. The molecule has 0 atom stereocenters. The zero-order valence-electron chi connectivity index (χ0n) is 19.7. The number of hydrogen-bond donors (Lipinski definition) is 3. The van der Waals surface area contributed by atoms with Crippen LogP contribution in [0.15, 0.2) is 71.7 Å². The van der Waals surface area contributed by atoms with Gasteiger partial charge in [-0.1, -0.05) is 18.2 Å². The van der Waals surface area contributed by atoms with Crippen LogP contribution in [-0.2, 0) is 19.5 Å². The van der Waals surface area contributed by atoms with Crippen LogP contribution in [0.3, 0.4) is 0 Å². The van der Waals surface area contributed by atoms with Crippen molar-refractivity contribution in [3.05, 3.63) is 94.1 Å². The van der Waals surface area contributed by atoms with Gasteiger partial charge in [-0.2, -0.15) is 4.98 Å². The van der Waals surface area contributed by atoms with Gasteiger partial charge in [-0.15, -0.1) is 0 Å². The number of para-hydroxylation sites is 1. The van der Waals surface area contributed by atoms with Gasteiger partial charge in [0.1, 0.15) is 12.1 Å². The summed E-state index contributed by atoms with van der Waals surface area (Å²) in [6.07, 6.45) is 6.05. The van der Waals surface area contributed by atoms with E-state index in [-0.39, 0.29) is 5.91 Å². The van der Waals surface area contributed by atoms with Gasteiger partial charge >= 0.3 is 0 Å². The number of benzene rings is 2. The Hall–Kier alpha value is -3.89. The molecule has 0 spiro atoms. The molecule has 0 saturated carbocycles. The summed E-state index contributed by atoms with van der Waals surface area (Å²) in [6.45, 7) is 2.63. The van der Waals surface area contributed by atoms with Gasteiger partial charge in [-0.05, 0) is 63.8 Å².